The van der Waals surface area contributed by atoms with Crippen molar-refractivity contribution in [2.24, 2.45) is 0 Å². The van der Waals surface area contributed by atoms with Crippen molar-refractivity contribution in [1.82, 2.24) is 19.9 Å². The molecule has 0 radical (unpaired) electrons. The molecule has 1 amide bonds. The summed E-state index contributed by atoms with van der Waals surface area (Å²) < 4.78 is 1.80. The van der Waals surface area contributed by atoms with Crippen molar-refractivity contribution in [3.8, 4) is 0 Å². The highest BCUT2D eigenvalue weighted by atomic mass is 16.2. The van der Waals surface area contributed by atoms with Gasteiger partial charge in [0.25, 0.3) is 5.91 Å². The SMILES string of the molecule is O=C(c1cn(C(c2ccccc2)c2ccccc2)nn1)N1CCC[C@@H](c2ccccc2)C1. The molecule has 0 saturated carbocycles. The second-order valence-corrected chi connectivity index (χ2v) is 8.31. The highest BCUT2D eigenvalue weighted by Crippen LogP contribution is 2.28. The Balaban J connectivity index is 1.40. The average Bonchev–Trinajstić information content (AvgIpc) is 3.35. The summed E-state index contributed by atoms with van der Waals surface area (Å²) in [4.78, 5) is 15.2. The van der Waals surface area contributed by atoms with Gasteiger partial charge in [0.1, 0.15) is 6.04 Å². The maximum absolute atomic E-state index is 13.3. The Hall–Kier alpha value is -3.73. The summed E-state index contributed by atoms with van der Waals surface area (Å²) in [5.74, 6) is 0.321. The van der Waals surface area contributed by atoms with Gasteiger partial charge in [0.2, 0.25) is 0 Å². The Morgan fingerprint density at radius 2 is 1.44 bits per heavy atom. The fourth-order valence-corrected chi connectivity index (χ4v) is 4.59. The Labute approximate surface area is 188 Å². The lowest BCUT2D eigenvalue weighted by Gasteiger charge is -2.32. The van der Waals surface area contributed by atoms with Crippen molar-refractivity contribution in [2.45, 2.75) is 24.8 Å². The second-order valence-electron chi connectivity index (χ2n) is 8.31. The molecule has 1 aliphatic rings. The first-order valence-electron chi connectivity index (χ1n) is 11.2. The van der Waals surface area contributed by atoms with Crippen LogP contribution >= 0.6 is 0 Å². The largest absolute Gasteiger partial charge is 0.337 e. The normalized spacial score (nSPS) is 16.3. The zero-order valence-corrected chi connectivity index (χ0v) is 17.9. The molecule has 0 unspecified atom stereocenters. The van der Waals surface area contributed by atoms with Crippen LogP contribution in [0.15, 0.2) is 97.2 Å². The number of carbonyl (C=O) groups excluding carboxylic acids is 1. The number of amides is 1. The third kappa shape index (κ3) is 4.19. The van der Waals surface area contributed by atoms with E-state index >= 15 is 0 Å². The molecule has 160 valence electrons. The number of rotatable bonds is 5. The van der Waals surface area contributed by atoms with E-state index in [2.05, 4.69) is 58.8 Å². The van der Waals surface area contributed by atoms with Crippen LogP contribution in [0.5, 0.6) is 0 Å². The summed E-state index contributed by atoms with van der Waals surface area (Å²) in [5.41, 5.74) is 3.90. The molecule has 0 N–H and O–H groups in total. The van der Waals surface area contributed by atoms with Crippen molar-refractivity contribution in [3.63, 3.8) is 0 Å². The summed E-state index contributed by atoms with van der Waals surface area (Å²) in [6, 6.07) is 30.7. The van der Waals surface area contributed by atoms with Gasteiger partial charge in [0.05, 0.1) is 6.20 Å². The molecule has 4 aromatic rings. The minimum absolute atomic E-state index is 0.0447. The molecule has 32 heavy (non-hydrogen) atoms. The molecule has 5 nitrogen and oxygen atoms in total. The molecule has 5 rings (SSSR count). The van der Waals surface area contributed by atoms with Crippen molar-refractivity contribution >= 4 is 5.91 Å². The van der Waals surface area contributed by atoms with E-state index in [1.807, 2.05) is 47.4 Å². The molecule has 1 saturated heterocycles. The van der Waals surface area contributed by atoms with Gasteiger partial charge in [0.15, 0.2) is 5.69 Å². The molecule has 0 bridgehead atoms. The van der Waals surface area contributed by atoms with Crippen molar-refractivity contribution in [2.75, 3.05) is 13.1 Å². The van der Waals surface area contributed by atoms with E-state index in [0.29, 0.717) is 11.6 Å². The van der Waals surface area contributed by atoms with Crippen LogP contribution in [0.25, 0.3) is 0 Å². The van der Waals surface area contributed by atoms with E-state index in [1.165, 1.54) is 5.56 Å². The topological polar surface area (TPSA) is 51.0 Å². The van der Waals surface area contributed by atoms with Crippen LogP contribution in [0.3, 0.4) is 0 Å². The minimum atomic E-state index is -0.134. The Morgan fingerprint density at radius 3 is 2.06 bits per heavy atom. The van der Waals surface area contributed by atoms with Crippen LogP contribution in [0.4, 0.5) is 0 Å². The van der Waals surface area contributed by atoms with Gasteiger partial charge in [-0.25, -0.2) is 4.68 Å². The number of hydrogen-bond donors (Lipinski definition) is 0. The summed E-state index contributed by atoms with van der Waals surface area (Å²) in [7, 11) is 0. The zero-order chi connectivity index (χ0) is 21.8. The Kier molecular flexibility index (Phi) is 5.79. The highest BCUT2D eigenvalue weighted by Gasteiger charge is 2.28. The molecule has 2 heterocycles. The van der Waals surface area contributed by atoms with Gasteiger partial charge in [-0.15, -0.1) is 5.10 Å². The van der Waals surface area contributed by atoms with E-state index in [1.54, 1.807) is 10.9 Å². The third-order valence-corrected chi connectivity index (χ3v) is 6.20. The first-order chi connectivity index (χ1) is 15.8. The Morgan fingerprint density at radius 1 is 0.844 bits per heavy atom. The second kappa shape index (κ2) is 9.18. The van der Waals surface area contributed by atoms with Crippen LogP contribution in [-0.2, 0) is 0 Å². The van der Waals surface area contributed by atoms with Crippen LogP contribution in [-0.4, -0.2) is 38.9 Å². The maximum Gasteiger partial charge on any atom is 0.276 e. The predicted octanol–water partition coefficient (Wildman–Crippen LogP) is 4.94. The Bertz CT molecular complexity index is 1120. The lowest BCUT2D eigenvalue weighted by Crippen LogP contribution is -2.39. The smallest absolute Gasteiger partial charge is 0.276 e. The number of carbonyl (C=O) groups is 1. The van der Waals surface area contributed by atoms with Gasteiger partial charge in [-0.05, 0) is 29.5 Å². The fourth-order valence-electron chi connectivity index (χ4n) is 4.59. The monoisotopic (exact) mass is 422 g/mol. The van der Waals surface area contributed by atoms with Gasteiger partial charge in [-0.3, -0.25) is 4.79 Å². The summed E-state index contributed by atoms with van der Waals surface area (Å²) in [6.45, 7) is 1.48. The van der Waals surface area contributed by atoms with E-state index in [9.17, 15) is 4.79 Å². The standard InChI is InChI=1S/C27H26N4O/c32-27(30-18-10-17-24(19-30)21-11-4-1-5-12-21)25-20-31(29-28-25)26(22-13-6-2-7-14-22)23-15-8-3-9-16-23/h1-9,11-16,20,24,26H,10,17-19H2/t24-/m1/s1. The minimum Gasteiger partial charge on any atom is -0.337 e. The average molecular weight is 423 g/mol. The zero-order valence-electron chi connectivity index (χ0n) is 17.9. The van der Waals surface area contributed by atoms with Gasteiger partial charge < -0.3 is 4.90 Å². The summed E-state index contributed by atoms with van der Waals surface area (Å²) in [5, 5.41) is 8.66. The molecule has 1 aromatic heterocycles. The fraction of sp³-hybridized carbons (Fsp3) is 0.222. The maximum atomic E-state index is 13.3. The molecule has 1 fully saturated rings. The lowest BCUT2D eigenvalue weighted by molar-refractivity contribution is 0.0701. The lowest BCUT2D eigenvalue weighted by atomic mass is 9.90. The number of nitrogens with zero attached hydrogens (tertiary/aromatic N) is 4. The van der Waals surface area contributed by atoms with Gasteiger partial charge in [-0.1, -0.05) is 96.2 Å². The quantitative estimate of drug-likeness (QED) is 0.458. The number of hydrogen-bond acceptors (Lipinski definition) is 3. The number of piperidine rings is 1. The third-order valence-electron chi connectivity index (χ3n) is 6.20. The number of aromatic nitrogens is 3. The molecule has 5 heteroatoms. The van der Waals surface area contributed by atoms with Crippen molar-refractivity contribution in [1.29, 1.82) is 0 Å². The summed E-state index contributed by atoms with van der Waals surface area (Å²) >= 11 is 0. The van der Waals surface area contributed by atoms with E-state index in [-0.39, 0.29) is 11.9 Å². The molecule has 0 spiro atoms. The first-order valence-corrected chi connectivity index (χ1v) is 11.2. The molecular weight excluding hydrogens is 396 g/mol. The molecule has 3 aromatic carbocycles. The van der Waals surface area contributed by atoms with Crippen LogP contribution < -0.4 is 0 Å². The molecule has 0 aliphatic carbocycles. The molecular formula is C27H26N4O. The van der Waals surface area contributed by atoms with E-state index in [4.69, 9.17) is 0 Å². The van der Waals surface area contributed by atoms with E-state index < -0.39 is 0 Å². The van der Waals surface area contributed by atoms with Gasteiger partial charge in [0, 0.05) is 19.0 Å². The molecule has 1 aliphatic heterocycles. The van der Waals surface area contributed by atoms with E-state index in [0.717, 1.165) is 37.1 Å². The number of benzene rings is 3. The predicted molar refractivity (Wildman–Crippen MR) is 124 cm³/mol. The summed E-state index contributed by atoms with van der Waals surface area (Å²) in [6.07, 6.45) is 3.89. The van der Waals surface area contributed by atoms with Crippen LogP contribution in [0.2, 0.25) is 0 Å². The molecule has 1 atom stereocenters. The van der Waals surface area contributed by atoms with Crippen LogP contribution in [0, 0.1) is 0 Å². The van der Waals surface area contributed by atoms with Crippen molar-refractivity contribution in [3.05, 3.63) is 120 Å². The van der Waals surface area contributed by atoms with Crippen molar-refractivity contribution < 1.29 is 4.79 Å². The van der Waals surface area contributed by atoms with Crippen LogP contribution in [0.1, 0.15) is 52.0 Å². The van der Waals surface area contributed by atoms with Gasteiger partial charge >= 0.3 is 0 Å². The van der Waals surface area contributed by atoms with Gasteiger partial charge in [-0.2, -0.15) is 0 Å². The first kappa shape index (κ1) is 20.2. The number of likely N-dealkylation sites (tertiary alicyclic amines) is 1. The highest BCUT2D eigenvalue weighted by molar-refractivity contribution is 5.92.